The number of imidazole rings is 1. The molecule has 2 unspecified atom stereocenters. The summed E-state index contributed by atoms with van der Waals surface area (Å²) in [5.41, 5.74) is 1.49. The Hall–Kier alpha value is -1.57. The first-order valence-electron chi connectivity index (χ1n) is 15.4. The van der Waals surface area contributed by atoms with E-state index in [1.807, 2.05) is 0 Å². The molecule has 2 aromatic rings. The van der Waals surface area contributed by atoms with Crippen LogP contribution in [0.4, 0.5) is 0 Å². The molecule has 1 aromatic heterocycles. The van der Waals surface area contributed by atoms with Gasteiger partial charge in [0, 0.05) is 5.92 Å². The zero-order chi connectivity index (χ0) is 24.8. The molecule has 2 nitrogen and oxygen atoms in total. The van der Waals surface area contributed by atoms with Crippen LogP contribution in [0.3, 0.4) is 0 Å². The van der Waals surface area contributed by atoms with E-state index in [-0.39, 0.29) is 0 Å². The van der Waals surface area contributed by atoms with Crippen molar-refractivity contribution >= 4 is 0 Å². The second-order valence-electron chi connectivity index (χ2n) is 11.0. The molecule has 1 N–H and O–H groups in total. The fourth-order valence-electron chi connectivity index (χ4n) is 5.76. The Kier molecular flexibility index (Phi) is 17.5. The van der Waals surface area contributed by atoms with Crippen LogP contribution in [0.2, 0.25) is 0 Å². The molecule has 0 spiro atoms. The first-order valence-corrected chi connectivity index (χ1v) is 15.4. The Morgan fingerprint density at radius 2 is 1.17 bits per heavy atom. The van der Waals surface area contributed by atoms with Crippen LogP contribution in [-0.2, 0) is 6.42 Å². The zero-order valence-corrected chi connectivity index (χ0v) is 23.4. The van der Waals surface area contributed by atoms with Crippen molar-refractivity contribution in [2.45, 2.75) is 148 Å². The zero-order valence-electron chi connectivity index (χ0n) is 23.4. The minimum Gasteiger partial charge on any atom is -0.250 e. The maximum absolute atomic E-state index is 3.29. The summed E-state index contributed by atoms with van der Waals surface area (Å²) in [7, 11) is 0. The number of benzene rings is 1. The van der Waals surface area contributed by atoms with Gasteiger partial charge in [0.15, 0.2) is 0 Å². The highest BCUT2D eigenvalue weighted by Crippen LogP contribution is 2.28. The molecule has 2 heteroatoms. The lowest BCUT2D eigenvalue weighted by Gasteiger charge is -2.25. The van der Waals surface area contributed by atoms with Gasteiger partial charge in [-0.25, -0.2) is 4.57 Å². The third kappa shape index (κ3) is 13.9. The van der Waals surface area contributed by atoms with E-state index in [2.05, 4.69) is 72.5 Å². The molecule has 0 aliphatic heterocycles. The number of hydrogen-bond donors (Lipinski definition) is 1. The normalized spacial score (nSPS) is 13.2. The van der Waals surface area contributed by atoms with E-state index in [0.29, 0.717) is 12.0 Å². The lowest BCUT2D eigenvalue weighted by molar-refractivity contribution is -0.730. The molecule has 0 aliphatic rings. The first kappa shape index (κ1) is 29.7. The van der Waals surface area contributed by atoms with E-state index in [4.69, 9.17) is 0 Å². The van der Waals surface area contributed by atoms with Gasteiger partial charge in [-0.1, -0.05) is 147 Å². The minimum absolute atomic E-state index is 0.605. The summed E-state index contributed by atoms with van der Waals surface area (Å²) in [6, 6.07) is 11.7. The van der Waals surface area contributed by atoms with Crippen molar-refractivity contribution in [1.82, 2.24) is 4.98 Å². The predicted octanol–water partition coefficient (Wildman–Crippen LogP) is 10.2. The maximum Gasteiger partial charge on any atom is 0.241 e. The number of aromatic amines is 1. The van der Waals surface area contributed by atoms with Gasteiger partial charge in [-0.3, -0.25) is 4.98 Å². The Morgan fingerprint density at radius 3 is 1.66 bits per heavy atom. The molecule has 35 heavy (non-hydrogen) atoms. The summed E-state index contributed by atoms with van der Waals surface area (Å²) in [4.78, 5) is 3.29. The van der Waals surface area contributed by atoms with Crippen LogP contribution < -0.4 is 4.57 Å². The SMILES string of the molecule is CCCCCCCCCCCCCCCCCCC(C(CCC)Cc1ccccc1)[n+]1cc[nH]c1. The van der Waals surface area contributed by atoms with Crippen LogP contribution >= 0.6 is 0 Å². The molecule has 0 fully saturated rings. The number of hydrogen-bond acceptors (Lipinski definition) is 0. The molecular weight excluding hydrogens is 424 g/mol. The van der Waals surface area contributed by atoms with E-state index in [1.165, 1.54) is 134 Å². The molecule has 198 valence electrons. The largest absolute Gasteiger partial charge is 0.250 e. The molecule has 0 aliphatic carbocycles. The predicted molar refractivity (Wildman–Crippen MR) is 153 cm³/mol. The Balaban J connectivity index is 1.56. The van der Waals surface area contributed by atoms with Crippen LogP contribution in [0.5, 0.6) is 0 Å². The van der Waals surface area contributed by atoms with Gasteiger partial charge < -0.3 is 0 Å². The highest BCUT2D eigenvalue weighted by molar-refractivity contribution is 5.15. The van der Waals surface area contributed by atoms with Crippen molar-refractivity contribution in [3.8, 4) is 0 Å². The summed E-state index contributed by atoms with van der Waals surface area (Å²) in [6.45, 7) is 4.64. The Labute approximate surface area is 218 Å². The fraction of sp³-hybridized carbons (Fsp3) is 0.727. The fourth-order valence-corrected chi connectivity index (χ4v) is 5.76. The van der Waals surface area contributed by atoms with Crippen molar-refractivity contribution < 1.29 is 4.57 Å². The number of aromatic nitrogens is 2. The highest BCUT2D eigenvalue weighted by atomic mass is 15.1. The molecule has 0 saturated carbocycles. The number of unbranched alkanes of at least 4 members (excludes halogenated alkanes) is 15. The average Bonchev–Trinajstić information content (AvgIpc) is 3.41. The van der Waals surface area contributed by atoms with Gasteiger partial charge in [0.05, 0.1) is 0 Å². The monoisotopic (exact) mass is 481 g/mol. The van der Waals surface area contributed by atoms with Crippen LogP contribution in [0.15, 0.2) is 49.1 Å². The lowest BCUT2D eigenvalue weighted by Crippen LogP contribution is -2.42. The Morgan fingerprint density at radius 1 is 0.629 bits per heavy atom. The second-order valence-corrected chi connectivity index (χ2v) is 11.0. The molecule has 2 rings (SSSR count). The quantitative estimate of drug-likeness (QED) is 0.120. The van der Waals surface area contributed by atoms with Crippen molar-refractivity contribution in [1.29, 1.82) is 0 Å². The number of rotatable bonds is 23. The summed E-state index contributed by atoms with van der Waals surface area (Å²) < 4.78 is 2.45. The first-order chi connectivity index (χ1) is 17.3. The molecular formula is C33H57N2+. The maximum atomic E-state index is 3.29. The second kappa shape index (κ2) is 20.6. The lowest BCUT2D eigenvalue weighted by atomic mass is 9.85. The van der Waals surface area contributed by atoms with E-state index in [9.17, 15) is 0 Å². The molecule has 0 radical (unpaired) electrons. The van der Waals surface area contributed by atoms with Gasteiger partial charge >= 0.3 is 0 Å². The summed E-state index contributed by atoms with van der Waals surface area (Å²) >= 11 is 0. The summed E-state index contributed by atoms with van der Waals surface area (Å²) in [5.74, 6) is 0.708. The van der Waals surface area contributed by atoms with E-state index in [1.54, 1.807) is 0 Å². The number of nitrogens with one attached hydrogen (secondary N) is 1. The number of H-pyrrole nitrogens is 1. The third-order valence-electron chi connectivity index (χ3n) is 7.85. The smallest absolute Gasteiger partial charge is 0.241 e. The number of nitrogens with zero attached hydrogens (tertiary/aromatic N) is 1. The van der Waals surface area contributed by atoms with Gasteiger partial charge in [0.25, 0.3) is 0 Å². The molecule has 2 atom stereocenters. The summed E-state index contributed by atoms with van der Waals surface area (Å²) in [6.07, 6.45) is 34.5. The van der Waals surface area contributed by atoms with Crippen LogP contribution in [0.1, 0.15) is 147 Å². The van der Waals surface area contributed by atoms with E-state index in [0.717, 1.165) is 0 Å². The molecule has 0 bridgehead atoms. The van der Waals surface area contributed by atoms with Gasteiger partial charge in [-0.2, -0.15) is 0 Å². The van der Waals surface area contributed by atoms with Gasteiger partial charge in [0.2, 0.25) is 6.33 Å². The van der Waals surface area contributed by atoms with Crippen LogP contribution in [0, 0.1) is 5.92 Å². The van der Waals surface area contributed by atoms with Crippen molar-refractivity contribution in [3.05, 3.63) is 54.6 Å². The van der Waals surface area contributed by atoms with Crippen molar-refractivity contribution in [3.63, 3.8) is 0 Å². The van der Waals surface area contributed by atoms with Crippen molar-refractivity contribution in [2.75, 3.05) is 0 Å². The molecule has 0 amide bonds. The highest BCUT2D eigenvalue weighted by Gasteiger charge is 2.26. The molecule has 1 aromatic carbocycles. The third-order valence-corrected chi connectivity index (χ3v) is 7.85. The molecule has 1 heterocycles. The standard InChI is InChI=1S/C33H56N2/c1-3-5-6-7-8-9-10-11-12-13-14-15-16-17-18-22-26-33(35-28-27-34-30-35)32(23-4-2)29-31-24-20-19-21-25-31/h19-21,24-25,27-28,30,32-33H,3-18,22-23,26,29H2,1-2H3/p+1. The van der Waals surface area contributed by atoms with Crippen LogP contribution in [-0.4, -0.2) is 4.98 Å². The van der Waals surface area contributed by atoms with Crippen molar-refractivity contribution in [2.24, 2.45) is 5.92 Å². The minimum atomic E-state index is 0.605. The molecule has 0 saturated heterocycles. The average molecular weight is 482 g/mol. The van der Waals surface area contributed by atoms with E-state index < -0.39 is 0 Å². The summed E-state index contributed by atoms with van der Waals surface area (Å²) in [5, 5.41) is 0. The van der Waals surface area contributed by atoms with Gasteiger partial charge in [0.1, 0.15) is 18.4 Å². The van der Waals surface area contributed by atoms with Crippen LogP contribution in [0.25, 0.3) is 0 Å². The topological polar surface area (TPSA) is 19.7 Å². The van der Waals surface area contributed by atoms with E-state index >= 15 is 0 Å². The van der Waals surface area contributed by atoms with Gasteiger partial charge in [-0.05, 0) is 31.2 Å². The Bertz CT molecular complexity index is 678. The van der Waals surface area contributed by atoms with Gasteiger partial charge in [-0.15, -0.1) is 0 Å².